The molecule has 2 aromatic rings. The maximum absolute atomic E-state index is 11.7. The number of aromatic nitrogens is 1. The second-order valence-electron chi connectivity index (χ2n) is 4.15. The van der Waals surface area contributed by atoms with Gasteiger partial charge in [-0.1, -0.05) is 11.6 Å². The molecule has 18 heavy (non-hydrogen) atoms. The highest BCUT2D eigenvalue weighted by Gasteiger charge is 2.13. The predicted molar refractivity (Wildman–Crippen MR) is 69.0 cm³/mol. The molecule has 0 atom stereocenters. The van der Waals surface area contributed by atoms with Crippen LogP contribution in [0.2, 0.25) is 5.02 Å². The summed E-state index contributed by atoms with van der Waals surface area (Å²) in [4.78, 5) is 25.4. The van der Waals surface area contributed by atoms with E-state index in [0.29, 0.717) is 10.7 Å². The van der Waals surface area contributed by atoms with Crippen LogP contribution in [0.25, 0.3) is 10.9 Å². The Morgan fingerprint density at radius 2 is 2.06 bits per heavy atom. The largest absolute Gasteiger partial charge is 0.453 e. The van der Waals surface area contributed by atoms with Crippen molar-refractivity contribution in [1.82, 2.24) is 4.98 Å². The highest BCUT2D eigenvalue weighted by molar-refractivity contribution is 6.31. The molecule has 0 radical (unpaired) electrons. The Labute approximate surface area is 109 Å². The van der Waals surface area contributed by atoms with Crippen LogP contribution < -0.4 is 0 Å². The van der Waals surface area contributed by atoms with Crippen LogP contribution >= 0.6 is 11.6 Å². The first-order chi connectivity index (χ1) is 8.47. The summed E-state index contributed by atoms with van der Waals surface area (Å²) in [5.74, 6) is -0.740. The van der Waals surface area contributed by atoms with Gasteiger partial charge in [-0.2, -0.15) is 0 Å². The summed E-state index contributed by atoms with van der Waals surface area (Å²) in [5.41, 5.74) is 2.11. The second kappa shape index (κ2) is 4.82. The number of carbonyl (C=O) groups excluding carboxylic acids is 2. The van der Waals surface area contributed by atoms with E-state index in [9.17, 15) is 9.59 Å². The molecule has 0 aliphatic heterocycles. The predicted octanol–water partition coefficient (Wildman–Crippen LogP) is 2.88. The molecule has 0 fully saturated rings. The molecular formula is C13H12ClNO3. The van der Waals surface area contributed by atoms with E-state index in [2.05, 4.69) is 4.98 Å². The van der Waals surface area contributed by atoms with Gasteiger partial charge in [0.15, 0.2) is 5.78 Å². The molecule has 1 aromatic heterocycles. The van der Waals surface area contributed by atoms with Crippen molar-refractivity contribution in [2.75, 3.05) is 6.61 Å². The number of carbonyl (C=O) groups is 2. The van der Waals surface area contributed by atoms with E-state index in [4.69, 9.17) is 16.3 Å². The van der Waals surface area contributed by atoms with Gasteiger partial charge in [-0.15, -0.1) is 0 Å². The fourth-order valence-electron chi connectivity index (χ4n) is 1.73. The van der Waals surface area contributed by atoms with Gasteiger partial charge in [0.2, 0.25) is 0 Å². The van der Waals surface area contributed by atoms with Gasteiger partial charge in [0.1, 0.15) is 12.3 Å². The number of aromatic amines is 1. The van der Waals surface area contributed by atoms with Crippen molar-refractivity contribution in [2.45, 2.75) is 13.8 Å². The Hall–Kier alpha value is -1.81. The van der Waals surface area contributed by atoms with Gasteiger partial charge in [0.05, 0.1) is 0 Å². The number of hydrogen-bond acceptors (Lipinski definition) is 3. The highest BCUT2D eigenvalue weighted by atomic mass is 35.5. The van der Waals surface area contributed by atoms with Crippen LogP contribution in [0.3, 0.4) is 0 Å². The van der Waals surface area contributed by atoms with Gasteiger partial charge in [0.25, 0.3) is 0 Å². The summed E-state index contributed by atoms with van der Waals surface area (Å²) in [5, 5.41) is 1.46. The summed E-state index contributed by atoms with van der Waals surface area (Å²) in [6.07, 6.45) is 0. The van der Waals surface area contributed by atoms with E-state index in [-0.39, 0.29) is 12.4 Å². The number of H-pyrrole nitrogens is 1. The molecule has 2 rings (SSSR count). The Kier molecular flexibility index (Phi) is 3.39. The summed E-state index contributed by atoms with van der Waals surface area (Å²) in [7, 11) is 0. The van der Waals surface area contributed by atoms with E-state index in [0.717, 1.165) is 16.5 Å². The van der Waals surface area contributed by atoms with Crippen LogP contribution in [0.4, 0.5) is 0 Å². The average Bonchev–Trinajstić information content (AvgIpc) is 2.69. The molecule has 1 aromatic carbocycles. The number of nitrogens with one attached hydrogen (secondary N) is 1. The number of aryl methyl sites for hydroxylation is 1. The zero-order chi connectivity index (χ0) is 13.3. The number of Topliss-reactive ketones (excluding diaryl/α,β-unsaturated/α-hetero) is 1. The fraction of sp³-hybridized carbons (Fsp3) is 0.231. The van der Waals surface area contributed by atoms with Crippen molar-refractivity contribution in [3.05, 3.63) is 34.5 Å². The van der Waals surface area contributed by atoms with Crippen molar-refractivity contribution in [1.29, 1.82) is 0 Å². The van der Waals surface area contributed by atoms with E-state index in [1.807, 2.05) is 13.0 Å². The number of benzene rings is 1. The average molecular weight is 266 g/mol. The van der Waals surface area contributed by atoms with E-state index >= 15 is 0 Å². The third kappa shape index (κ3) is 2.54. The van der Waals surface area contributed by atoms with Crippen LogP contribution in [0.1, 0.15) is 23.0 Å². The van der Waals surface area contributed by atoms with Crippen molar-refractivity contribution in [3.8, 4) is 0 Å². The lowest BCUT2D eigenvalue weighted by Gasteiger charge is -1.99. The standard InChI is InChI=1S/C13H12ClNO3/c1-7-3-10(14)4-9-5-11(15-12(7)9)13(17)18-6-8(2)16/h3-5,15H,6H2,1-2H3. The smallest absolute Gasteiger partial charge is 0.355 e. The normalized spacial score (nSPS) is 10.6. The minimum absolute atomic E-state index is 0.196. The van der Waals surface area contributed by atoms with E-state index in [1.165, 1.54) is 6.92 Å². The maximum Gasteiger partial charge on any atom is 0.355 e. The lowest BCUT2D eigenvalue weighted by Crippen LogP contribution is -2.11. The van der Waals surface area contributed by atoms with Crippen molar-refractivity contribution >= 4 is 34.3 Å². The van der Waals surface area contributed by atoms with Gasteiger partial charge < -0.3 is 9.72 Å². The number of esters is 1. The first-order valence-corrected chi connectivity index (χ1v) is 5.80. The molecule has 1 N–H and O–H groups in total. The number of hydrogen-bond donors (Lipinski definition) is 1. The van der Waals surface area contributed by atoms with Crippen LogP contribution in [0, 0.1) is 6.92 Å². The molecule has 0 unspecified atom stereocenters. The summed E-state index contributed by atoms with van der Waals surface area (Å²) < 4.78 is 4.84. The van der Waals surface area contributed by atoms with Crippen LogP contribution in [-0.2, 0) is 9.53 Å². The first-order valence-electron chi connectivity index (χ1n) is 5.43. The molecule has 0 amide bonds. The van der Waals surface area contributed by atoms with Gasteiger partial charge in [-0.05, 0) is 37.6 Å². The minimum atomic E-state index is -0.545. The first kappa shape index (κ1) is 12.6. The molecule has 94 valence electrons. The van der Waals surface area contributed by atoms with Crippen molar-refractivity contribution in [2.24, 2.45) is 0 Å². The fourth-order valence-corrected chi connectivity index (χ4v) is 2.02. The topological polar surface area (TPSA) is 59.2 Å². The zero-order valence-corrected chi connectivity index (χ0v) is 10.8. The minimum Gasteiger partial charge on any atom is -0.453 e. The molecule has 0 saturated heterocycles. The molecule has 0 saturated carbocycles. The van der Waals surface area contributed by atoms with E-state index in [1.54, 1.807) is 12.1 Å². The number of ketones is 1. The Balaban J connectivity index is 2.32. The molecule has 0 aliphatic rings. The van der Waals surface area contributed by atoms with Crippen LogP contribution in [0.15, 0.2) is 18.2 Å². The molecule has 0 aliphatic carbocycles. The quantitative estimate of drug-likeness (QED) is 0.868. The van der Waals surface area contributed by atoms with Gasteiger partial charge in [-0.3, -0.25) is 4.79 Å². The Morgan fingerprint density at radius 3 is 2.72 bits per heavy atom. The summed E-state index contributed by atoms with van der Waals surface area (Å²) in [6, 6.07) is 5.24. The van der Waals surface area contributed by atoms with Crippen molar-refractivity contribution < 1.29 is 14.3 Å². The number of halogens is 1. The van der Waals surface area contributed by atoms with Gasteiger partial charge in [-0.25, -0.2) is 4.79 Å². The zero-order valence-electron chi connectivity index (χ0n) is 10.0. The Morgan fingerprint density at radius 1 is 1.33 bits per heavy atom. The second-order valence-corrected chi connectivity index (χ2v) is 4.58. The van der Waals surface area contributed by atoms with Gasteiger partial charge in [0, 0.05) is 15.9 Å². The lowest BCUT2D eigenvalue weighted by atomic mass is 10.2. The SMILES string of the molecule is CC(=O)COC(=O)c1cc2cc(Cl)cc(C)c2[nH]1. The lowest BCUT2D eigenvalue weighted by molar-refractivity contribution is -0.120. The molecule has 5 heteroatoms. The molecule has 0 bridgehead atoms. The third-order valence-corrected chi connectivity index (χ3v) is 2.73. The maximum atomic E-state index is 11.7. The summed E-state index contributed by atoms with van der Waals surface area (Å²) >= 11 is 5.94. The number of fused-ring (bicyclic) bond motifs is 1. The molecular weight excluding hydrogens is 254 g/mol. The van der Waals surface area contributed by atoms with Gasteiger partial charge >= 0.3 is 5.97 Å². The monoisotopic (exact) mass is 265 g/mol. The summed E-state index contributed by atoms with van der Waals surface area (Å²) in [6.45, 7) is 3.05. The van der Waals surface area contributed by atoms with Crippen LogP contribution in [0.5, 0.6) is 0 Å². The van der Waals surface area contributed by atoms with Crippen LogP contribution in [-0.4, -0.2) is 23.3 Å². The molecule has 0 spiro atoms. The number of rotatable bonds is 3. The Bertz CT molecular complexity index is 630. The number of ether oxygens (including phenoxy) is 1. The van der Waals surface area contributed by atoms with Crippen molar-refractivity contribution in [3.63, 3.8) is 0 Å². The molecule has 4 nitrogen and oxygen atoms in total. The molecule has 1 heterocycles. The van der Waals surface area contributed by atoms with E-state index < -0.39 is 5.97 Å². The highest BCUT2D eigenvalue weighted by Crippen LogP contribution is 2.24. The third-order valence-electron chi connectivity index (χ3n) is 2.52.